The molecule has 0 amide bonds. The van der Waals surface area contributed by atoms with Crippen molar-refractivity contribution in [1.82, 2.24) is 0 Å². The van der Waals surface area contributed by atoms with Gasteiger partial charge in [0.05, 0.1) is 18.4 Å². The first-order valence-electron chi connectivity index (χ1n) is 3.06. The SMILES string of the molecule is N#CCC(N)C(C=N)C(=O)P. The van der Waals surface area contributed by atoms with Gasteiger partial charge >= 0.3 is 0 Å². The van der Waals surface area contributed by atoms with Crippen LogP contribution < -0.4 is 5.73 Å². The fraction of sp³-hybridized carbons (Fsp3) is 0.500. The maximum absolute atomic E-state index is 10.7. The van der Waals surface area contributed by atoms with Gasteiger partial charge in [-0.1, -0.05) is 9.24 Å². The maximum atomic E-state index is 10.7. The average molecular weight is 171 g/mol. The van der Waals surface area contributed by atoms with Crippen molar-refractivity contribution in [3.8, 4) is 6.07 Å². The van der Waals surface area contributed by atoms with E-state index in [0.717, 1.165) is 6.21 Å². The highest BCUT2D eigenvalue weighted by molar-refractivity contribution is 7.40. The molecule has 0 aromatic rings. The summed E-state index contributed by atoms with van der Waals surface area (Å²) in [4.78, 5) is 10.7. The van der Waals surface area contributed by atoms with Crippen molar-refractivity contribution >= 4 is 21.0 Å². The topological polar surface area (TPSA) is 90.7 Å². The predicted octanol–water partition coefficient (Wildman–Crippen LogP) is -0.105. The van der Waals surface area contributed by atoms with E-state index >= 15 is 0 Å². The Kier molecular flexibility index (Phi) is 4.60. The zero-order chi connectivity index (χ0) is 8.85. The van der Waals surface area contributed by atoms with Gasteiger partial charge in [0.2, 0.25) is 0 Å². The van der Waals surface area contributed by atoms with Crippen molar-refractivity contribution < 1.29 is 4.79 Å². The van der Waals surface area contributed by atoms with Crippen LogP contribution in [-0.2, 0) is 4.79 Å². The molecule has 3 unspecified atom stereocenters. The first-order chi connectivity index (χ1) is 5.13. The summed E-state index contributed by atoms with van der Waals surface area (Å²) in [6, 6.07) is 1.29. The van der Waals surface area contributed by atoms with Crippen LogP contribution in [0.25, 0.3) is 0 Å². The molecule has 0 aliphatic rings. The molecule has 0 saturated heterocycles. The Morgan fingerprint density at radius 2 is 2.45 bits per heavy atom. The molecule has 0 aromatic carbocycles. The van der Waals surface area contributed by atoms with Gasteiger partial charge in [0.25, 0.3) is 0 Å². The van der Waals surface area contributed by atoms with Crippen molar-refractivity contribution in [3.63, 3.8) is 0 Å². The molecule has 0 heterocycles. The normalized spacial score (nSPS) is 14.6. The van der Waals surface area contributed by atoms with Gasteiger partial charge in [-0.05, 0) is 0 Å². The van der Waals surface area contributed by atoms with Gasteiger partial charge in [-0.15, -0.1) is 0 Å². The van der Waals surface area contributed by atoms with Gasteiger partial charge in [-0.2, -0.15) is 5.26 Å². The molecule has 0 aromatic heterocycles. The van der Waals surface area contributed by atoms with Gasteiger partial charge in [0, 0.05) is 12.3 Å². The van der Waals surface area contributed by atoms with E-state index in [9.17, 15) is 4.79 Å². The second kappa shape index (κ2) is 4.95. The van der Waals surface area contributed by atoms with Crippen LogP contribution in [0.3, 0.4) is 0 Å². The highest BCUT2D eigenvalue weighted by Gasteiger charge is 2.19. The van der Waals surface area contributed by atoms with Crippen molar-refractivity contribution in [2.24, 2.45) is 11.7 Å². The second-order valence-corrected chi connectivity index (χ2v) is 2.69. The lowest BCUT2D eigenvalue weighted by molar-refractivity contribution is -0.113. The van der Waals surface area contributed by atoms with Crippen LogP contribution >= 0.6 is 9.24 Å². The minimum Gasteiger partial charge on any atom is -0.326 e. The highest BCUT2D eigenvalue weighted by Crippen LogP contribution is 2.07. The minimum atomic E-state index is -0.639. The summed E-state index contributed by atoms with van der Waals surface area (Å²) in [7, 11) is 1.96. The van der Waals surface area contributed by atoms with Crippen LogP contribution in [0.4, 0.5) is 0 Å². The molecular weight excluding hydrogens is 161 g/mol. The zero-order valence-electron chi connectivity index (χ0n) is 5.95. The molecule has 0 fully saturated rings. The molecule has 3 N–H and O–H groups in total. The zero-order valence-corrected chi connectivity index (χ0v) is 7.10. The van der Waals surface area contributed by atoms with Crippen LogP contribution in [0.1, 0.15) is 6.42 Å². The largest absolute Gasteiger partial charge is 0.326 e. The fourth-order valence-corrected chi connectivity index (χ4v) is 0.993. The first kappa shape index (κ1) is 10.2. The number of nitrogens with two attached hydrogens (primary N) is 1. The summed E-state index contributed by atoms with van der Waals surface area (Å²) >= 11 is 0. The van der Waals surface area contributed by atoms with Crippen LogP contribution in [0.2, 0.25) is 0 Å². The Labute approximate surface area is 67.5 Å². The number of carbonyl (C=O) groups is 1. The van der Waals surface area contributed by atoms with Gasteiger partial charge in [-0.25, -0.2) is 0 Å². The molecule has 0 spiro atoms. The first-order valence-corrected chi connectivity index (χ1v) is 3.63. The molecule has 0 saturated carbocycles. The molecule has 3 atom stereocenters. The molecular formula is C6H10N3OP. The fourth-order valence-electron chi connectivity index (χ4n) is 0.649. The summed E-state index contributed by atoms with van der Waals surface area (Å²) in [5, 5.41) is 15.1. The number of nitrogens with one attached hydrogen (secondary N) is 1. The number of rotatable bonds is 4. The lowest BCUT2D eigenvalue weighted by Crippen LogP contribution is -2.34. The minimum absolute atomic E-state index is 0.0974. The Balaban J connectivity index is 4.15. The lowest BCUT2D eigenvalue weighted by Gasteiger charge is -2.12. The van der Waals surface area contributed by atoms with E-state index in [0.29, 0.717) is 0 Å². The lowest BCUT2D eigenvalue weighted by atomic mass is 10.0. The van der Waals surface area contributed by atoms with Crippen molar-refractivity contribution in [1.29, 1.82) is 10.7 Å². The van der Waals surface area contributed by atoms with Gasteiger partial charge in [0.15, 0.2) is 5.52 Å². The van der Waals surface area contributed by atoms with E-state index in [2.05, 4.69) is 0 Å². The van der Waals surface area contributed by atoms with E-state index in [-0.39, 0.29) is 11.9 Å². The van der Waals surface area contributed by atoms with E-state index in [1.54, 1.807) is 0 Å². The Hall–Kier alpha value is -0.780. The molecule has 11 heavy (non-hydrogen) atoms. The van der Waals surface area contributed by atoms with Gasteiger partial charge < -0.3 is 11.1 Å². The van der Waals surface area contributed by atoms with Crippen LogP contribution in [0.5, 0.6) is 0 Å². The van der Waals surface area contributed by atoms with E-state index < -0.39 is 12.0 Å². The molecule has 0 rings (SSSR count). The van der Waals surface area contributed by atoms with E-state index in [1.165, 1.54) is 0 Å². The Morgan fingerprint density at radius 3 is 2.73 bits per heavy atom. The average Bonchev–Trinajstić information content (AvgIpc) is 1.88. The highest BCUT2D eigenvalue weighted by atomic mass is 31.0. The third-order valence-corrected chi connectivity index (χ3v) is 1.68. The molecule has 0 aliphatic carbocycles. The summed E-state index contributed by atoms with van der Waals surface area (Å²) < 4.78 is 0. The predicted molar refractivity (Wildman–Crippen MR) is 45.2 cm³/mol. The monoisotopic (exact) mass is 171 g/mol. The van der Waals surface area contributed by atoms with Gasteiger partial charge in [0.1, 0.15) is 0 Å². The van der Waals surface area contributed by atoms with Gasteiger partial charge in [-0.3, -0.25) is 4.79 Å². The van der Waals surface area contributed by atoms with Crippen molar-refractivity contribution in [3.05, 3.63) is 0 Å². The third-order valence-electron chi connectivity index (χ3n) is 1.30. The summed E-state index contributed by atoms with van der Waals surface area (Å²) in [5.74, 6) is -0.639. The van der Waals surface area contributed by atoms with Crippen molar-refractivity contribution in [2.75, 3.05) is 0 Å². The number of nitrogens with zero attached hydrogens (tertiary/aromatic N) is 1. The molecule has 5 heteroatoms. The standard InChI is InChI=1S/C6H10N3OP/c7-2-1-5(9)4(3-8)6(10)11/h3-5,8H,1,9,11H2. The Morgan fingerprint density at radius 1 is 1.91 bits per heavy atom. The van der Waals surface area contributed by atoms with Crippen LogP contribution in [0.15, 0.2) is 0 Å². The van der Waals surface area contributed by atoms with Crippen LogP contribution in [0, 0.1) is 22.7 Å². The van der Waals surface area contributed by atoms with Crippen molar-refractivity contribution in [2.45, 2.75) is 12.5 Å². The third kappa shape index (κ3) is 3.22. The number of carbonyl (C=O) groups excluding carboxylic acids is 1. The van der Waals surface area contributed by atoms with E-state index in [4.69, 9.17) is 16.4 Å². The maximum Gasteiger partial charge on any atom is 0.158 e. The summed E-state index contributed by atoms with van der Waals surface area (Å²) in [6.45, 7) is 0. The quantitative estimate of drug-likeness (QED) is 0.457. The van der Waals surface area contributed by atoms with E-state index in [1.807, 2.05) is 15.3 Å². The number of hydrogen-bond donors (Lipinski definition) is 2. The smallest absolute Gasteiger partial charge is 0.158 e. The number of hydrogen-bond acceptors (Lipinski definition) is 4. The number of nitriles is 1. The molecule has 0 bridgehead atoms. The molecule has 0 aliphatic heterocycles. The molecule has 0 radical (unpaired) electrons. The summed E-state index contributed by atoms with van der Waals surface area (Å²) in [6.07, 6.45) is 1.07. The molecule has 4 nitrogen and oxygen atoms in total. The molecule has 60 valence electrons. The Bertz CT molecular complexity index is 198. The van der Waals surface area contributed by atoms with Crippen LogP contribution in [-0.4, -0.2) is 17.8 Å². The summed E-state index contributed by atoms with van der Waals surface area (Å²) in [5.41, 5.74) is 5.18. The second-order valence-electron chi connectivity index (χ2n) is 2.12.